The highest BCUT2D eigenvalue weighted by Gasteiger charge is 2.34. The number of fused-ring (bicyclic) bond motifs is 2. The molecular formula is C31H40Cl2N2O2. The molecule has 1 aliphatic carbocycles. The van der Waals surface area contributed by atoms with Crippen LogP contribution in [0.1, 0.15) is 88.7 Å². The number of amides is 1. The molecule has 1 heterocycles. The van der Waals surface area contributed by atoms with E-state index in [-0.39, 0.29) is 11.9 Å². The van der Waals surface area contributed by atoms with Crippen molar-refractivity contribution in [2.75, 3.05) is 19.6 Å². The molecule has 0 saturated carbocycles. The summed E-state index contributed by atoms with van der Waals surface area (Å²) in [6.45, 7) is 7.44. The van der Waals surface area contributed by atoms with Crippen LogP contribution >= 0.6 is 23.2 Å². The molecule has 1 unspecified atom stereocenters. The fourth-order valence-corrected chi connectivity index (χ4v) is 5.90. The lowest BCUT2D eigenvalue weighted by Gasteiger charge is -2.30. The Bertz CT molecular complexity index is 1050. The Morgan fingerprint density at radius 1 is 1.00 bits per heavy atom. The highest BCUT2D eigenvalue weighted by atomic mass is 35.5. The molecule has 2 aromatic carbocycles. The topological polar surface area (TPSA) is 41.6 Å². The molecule has 2 aromatic rings. The van der Waals surface area contributed by atoms with Crippen LogP contribution in [0.3, 0.4) is 0 Å². The summed E-state index contributed by atoms with van der Waals surface area (Å²) in [5.41, 5.74) is 3.14. The van der Waals surface area contributed by atoms with Crippen LogP contribution in [0.5, 0.6) is 11.5 Å². The van der Waals surface area contributed by atoms with Gasteiger partial charge in [-0.1, -0.05) is 68.0 Å². The Kier molecular flexibility index (Phi) is 10.4. The Morgan fingerprint density at radius 3 is 2.32 bits per heavy atom. The van der Waals surface area contributed by atoms with Crippen LogP contribution in [0.2, 0.25) is 10.0 Å². The number of halogens is 2. The van der Waals surface area contributed by atoms with Crippen molar-refractivity contribution in [1.82, 2.24) is 10.2 Å². The average Bonchev–Trinajstić information content (AvgIpc) is 2.86. The van der Waals surface area contributed by atoms with E-state index >= 15 is 0 Å². The van der Waals surface area contributed by atoms with Crippen molar-refractivity contribution in [3.8, 4) is 11.5 Å². The summed E-state index contributed by atoms with van der Waals surface area (Å²) in [7, 11) is 0. The maximum Gasteiger partial charge on any atom is 0.232 e. The van der Waals surface area contributed by atoms with E-state index in [9.17, 15) is 4.79 Å². The molecule has 0 aromatic heterocycles. The van der Waals surface area contributed by atoms with Gasteiger partial charge in [0.1, 0.15) is 11.5 Å². The number of likely N-dealkylation sites (N-methyl/N-ethyl adjacent to an activating group) is 1. The molecule has 1 amide bonds. The monoisotopic (exact) mass is 542 g/mol. The molecule has 0 bridgehead atoms. The molecule has 4 rings (SSSR count). The highest BCUT2D eigenvalue weighted by molar-refractivity contribution is 6.31. The van der Waals surface area contributed by atoms with Gasteiger partial charge in [0.05, 0.1) is 5.92 Å². The number of benzene rings is 2. The average molecular weight is 544 g/mol. The highest BCUT2D eigenvalue weighted by Crippen LogP contribution is 2.46. The van der Waals surface area contributed by atoms with Gasteiger partial charge in [0.25, 0.3) is 0 Å². The normalized spacial score (nSPS) is 18.0. The number of hydrogen-bond acceptors (Lipinski definition) is 3. The van der Waals surface area contributed by atoms with Crippen LogP contribution in [0.25, 0.3) is 0 Å². The number of carbonyl (C=O) groups excluding carboxylic acids is 1. The molecule has 200 valence electrons. The fraction of sp³-hybridized carbons (Fsp3) is 0.516. The Hall–Kier alpha value is -2.01. The van der Waals surface area contributed by atoms with Crippen molar-refractivity contribution in [2.45, 2.75) is 83.6 Å². The van der Waals surface area contributed by atoms with Crippen LogP contribution in [0, 0.1) is 0 Å². The van der Waals surface area contributed by atoms with E-state index in [0.717, 1.165) is 50.0 Å². The van der Waals surface area contributed by atoms with E-state index in [1.54, 1.807) is 17.7 Å². The minimum Gasteiger partial charge on any atom is -0.457 e. The zero-order chi connectivity index (χ0) is 26.2. The summed E-state index contributed by atoms with van der Waals surface area (Å²) in [5.74, 6) is 0.782. The minimum absolute atomic E-state index is 0.0282. The number of nitrogens with one attached hydrogen (secondary N) is 1. The Labute approximate surface area is 232 Å². The third-order valence-electron chi connectivity index (χ3n) is 7.58. The second kappa shape index (κ2) is 13.7. The summed E-state index contributed by atoms with van der Waals surface area (Å²) in [4.78, 5) is 16.4. The van der Waals surface area contributed by atoms with Gasteiger partial charge >= 0.3 is 0 Å². The van der Waals surface area contributed by atoms with Gasteiger partial charge in [-0.05, 0) is 81.5 Å². The molecule has 0 saturated heterocycles. The van der Waals surface area contributed by atoms with Crippen molar-refractivity contribution in [3.63, 3.8) is 0 Å². The molecule has 0 fully saturated rings. The summed E-state index contributed by atoms with van der Waals surface area (Å²) >= 11 is 12.7. The van der Waals surface area contributed by atoms with Gasteiger partial charge in [-0.2, -0.15) is 0 Å². The first-order valence-corrected chi connectivity index (χ1v) is 14.7. The number of nitrogens with zero attached hydrogens (tertiary/aromatic N) is 1. The molecule has 2 aliphatic rings. The standard InChI is InChI=1S/C31H40Cl2N2O2/c1-3-10-25(17-18-35(4-2)21-22-11-8-6-5-7-9-12-22)34-31(36)30-26-19-23(32)13-15-28(26)37-29-16-14-24(33)20-27(29)30/h11,13-16,19-20,25,30H,3-10,12,17-18,21H2,1-2H3,(H,34,36)/b22-11+. The van der Waals surface area contributed by atoms with E-state index in [0.29, 0.717) is 21.5 Å². The van der Waals surface area contributed by atoms with E-state index in [4.69, 9.17) is 27.9 Å². The molecule has 0 spiro atoms. The molecule has 0 radical (unpaired) electrons. The van der Waals surface area contributed by atoms with Crippen molar-refractivity contribution in [3.05, 3.63) is 69.2 Å². The number of hydrogen-bond donors (Lipinski definition) is 1. The lowest BCUT2D eigenvalue weighted by atomic mass is 9.87. The lowest BCUT2D eigenvalue weighted by molar-refractivity contribution is -0.122. The van der Waals surface area contributed by atoms with Gasteiger partial charge in [0.2, 0.25) is 5.91 Å². The molecule has 1 N–H and O–H groups in total. The van der Waals surface area contributed by atoms with Crippen LogP contribution in [-0.2, 0) is 4.79 Å². The van der Waals surface area contributed by atoms with Crippen LogP contribution < -0.4 is 10.1 Å². The van der Waals surface area contributed by atoms with Gasteiger partial charge in [-0.15, -0.1) is 0 Å². The van der Waals surface area contributed by atoms with E-state index < -0.39 is 5.92 Å². The number of allylic oxidation sites excluding steroid dienone is 1. The zero-order valence-corrected chi connectivity index (χ0v) is 23.7. The van der Waals surface area contributed by atoms with Gasteiger partial charge in [0.15, 0.2) is 0 Å². The zero-order valence-electron chi connectivity index (χ0n) is 22.2. The van der Waals surface area contributed by atoms with Gasteiger partial charge in [-0.3, -0.25) is 9.69 Å². The molecule has 4 nitrogen and oxygen atoms in total. The second-order valence-corrected chi connectivity index (χ2v) is 11.2. The predicted octanol–water partition coefficient (Wildman–Crippen LogP) is 8.51. The molecule has 6 heteroatoms. The van der Waals surface area contributed by atoms with Crippen LogP contribution in [0.4, 0.5) is 0 Å². The summed E-state index contributed by atoms with van der Waals surface area (Å²) in [6, 6.07) is 11.0. The predicted molar refractivity (Wildman–Crippen MR) is 154 cm³/mol. The molecule has 1 atom stereocenters. The smallest absolute Gasteiger partial charge is 0.232 e. The second-order valence-electron chi connectivity index (χ2n) is 10.4. The van der Waals surface area contributed by atoms with E-state index in [2.05, 4.69) is 30.1 Å². The SMILES string of the molecule is CCCC(CCN(CC)C/C1=C/CCCCCC1)NC(=O)C1c2cc(Cl)ccc2Oc2ccc(Cl)cc21. The number of rotatable bonds is 10. The van der Waals surface area contributed by atoms with E-state index in [1.165, 1.54) is 38.5 Å². The van der Waals surface area contributed by atoms with Crippen molar-refractivity contribution >= 4 is 29.1 Å². The first-order valence-electron chi connectivity index (χ1n) is 14.0. The van der Waals surface area contributed by atoms with Crippen molar-refractivity contribution in [1.29, 1.82) is 0 Å². The maximum atomic E-state index is 13.9. The van der Waals surface area contributed by atoms with Gasteiger partial charge in [-0.25, -0.2) is 0 Å². The van der Waals surface area contributed by atoms with Crippen molar-refractivity contribution < 1.29 is 9.53 Å². The molecule has 1 aliphatic heterocycles. The van der Waals surface area contributed by atoms with Crippen LogP contribution in [-0.4, -0.2) is 36.5 Å². The number of carbonyl (C=O) groups is 1. The Morgan fingerprint density at radius 2 is 1.68 bits per heavy atom. The van der Waals surface area contributed by atoms with E-state index in [1.807, 2.05) is 24.3 Å². The largest absolute Gasteiger partial charge is 0.457 e. The maximum absolute atomic E-state index is 13.9. The lowest BCUT2D eigenvalue weighted by Crippen LogP contribution is -2.41. The first kappa shape index (κ1) is 28.0. The molecule has 37 heavy (non-hydrogen) atoms. The molecular weight excluding hydrogens is 503 g/mol. The first-order chi connectivity index (χ1) is 18.0. The summed E-state index contributed by atoms with van der Waals surface area (Å²) in [5, 5.41) is 4.55. The van der Waals surface area contributed by atoms with Crippen molar-refractivity contribution in [2.24, 2.45) is 0 Å². The summed E-state index contributed by atoms with van der Waals surface area (Å²) in [6.07, 6.45) is 13.1. The fourth-order valence-electron chi connectivity index (χ4n) is 5.54. The third kappa shape index (κ3) is 7.52. The van der Waals surface area contributed by atoms with Gasteiger partial charge in [0, 0.05) is 40.3 Å². The third-order valence-corrected chi connectivity index (χ3v) is 8.05. The summed E-state index contributed by atoms with van der Waals surface area (Å²) < 4.78 is 6.09. The van der Waals surface area contributed by atoms with Gasteiger partial charge < -0.3 is 10.1 Å². The number of ether oxygens (including phenoxy) is 1. The minimum atomic E-state index is -0.516. The Balaban J connectivity index is 1.47. The quantitative estimate of drug-likeness (QED) is 0.306. The van der Waals surface area contributed by atoms with Crippen LogP contribution in [0.15, 0.2) is 48.0 Å².